The number of H-pyrrole nitrogens is 1. The third kappa shape index (κ3) is 2.68. The van der Waals surface area contributed by atoms with E-state index in [1.807, 2.05) is 12.1 Å². The summed E-state index contributed by atoms with van der Waals surface area (Å²) in [6.07, 6.45) is 3.37. The quantitative estimate of drug-likeness (QED) is 0.815. The normalized spacial score (nSPS) is 19.0. The number of aromatic amines is 1. The topological polar surface area (TPSA) is 60.9 Å². The molecule has 1 saturated heterocycles. The van der Waals surface area contributed by atoms with Crippen LogP contribution in [0.4, 0.5) is 0 Å². The molecule has 1 atom stereocenters. The lowest BCUT2D eigenvalue weighted by molar-refractivity contribution is -0.00538. The fraction of sp³-hybridized carbons (Fsp3) is 0.562. The molecule has 2 aromatic rings. The Morgan fingerprint density at radius 1 is 1.33 bits per heavy atom. The Kier molecular flexibility index (Phi) is 3.95. The van der Waals surface area contributed by atoms with Gasteiger partial charge in [0.05, 0.1) is 17.8 Å². The molecule has 0 saturated carbocycles. The molecule has 2 heterocycles. The number of aliphatic hydroxyl groups excluding tert-OH is 1. The van der Waals surface area contributed by atoms with Gasteiger partial charge in [-0.2, -0.15) is 5.10 Å². The first kappa shape index (κ1) is 14.8. The van der Waals surface area contributed by atoms with Gasteiger partial charge in [0, 0.05) is 16.0 Å². The van der Waals surface area contributed by atoms with Gasteiger partial charge in [-0.1, -0.05) is 25.4 Å². The minimum absolute atomic E-state index is 0.204. The number of aliphatic hydroxyl groups is 1. The van der Waals surface area contributed by atoms with E-state index >= 15 is 0 Å². The van der Waals surface area contributed by atoms with Crippen molar-refractivity contribution in [1.29, 1.82) is 0 Å². The summed E-state index contributed by atoms with van der Waals surface area (Å²) in [4.78, 5) is 0. The van der Waals surface area contributed by atoms with E-state index in [2.05, 4.69) is 29.4 Å². The van der Waals surface area contributed by atoms with Gasteiger partial charge in [-0.3, -0.25) is 5.10 Å². The Morgan fingerprint density at radius 3 is 2.76 bits per heavy atom. The van der Waals surface area contributed by atoms with Crippen molar-refractivity contribution in [2.45, 2.75) is 32.8 Å². The van der Waals surface area contributed by atoms with Crippen molar-refractivity contribution < 1.29 is 5.11 Å². The van der Waals surface area contributed by atoms with Gasteiger partial charge in [0.25, 0.3) is 0 Å². The molecule has 3 N–H and O–H groups in total. The van der Waals surface area contributed by atoms with Crippen LogP contribution in [0, 0.1) is 11.3 Å². The Hall–Kier alpha value is -1.10. The number of halogens is 1. The Balaban J connectivity index is 1.98. The average molecular weight is 308 g/mol. The highest BCUT2D eigenvalue weighted by Gasteiger charge is 2.38. The zero-order valence-electron chi connectivity index (χ0n) is 12.5. The summed E-state index contributed by atoms with van der Waals surface area (Å²) in [7, 11) is 0. The number of nitrogens with one attached hydrogen (secondary N) is 2. The Bertz CT molecular complexity index is 631. The first-order valence-electron chi connectivity index (χ1n) is 7.51. The maximum atomic E-state index is 11.0. The van der Waals surface area contributed by atoms with Crippen LogP contribution >= 0.6 is 11.6 Å². The second-order valence-corrected chi connectivity index (χ2v) is 7.01. The average Bonchev–Trinajstić information content (AvgIpc) is 2.94. The van der Waals surface area contributed by atoms with E-state index in [4.69, 9.17) is 11.6 Å². The van der Waals surface area contributed by atoms with E-state index in [1.54, 1.807) is 6.20 Å². The third-order valence-electron chi connectivity index (χ3n) is 4.93. The van der Waals surface area contributed by atoms with Crippen molar-refractivity contribution >= 4 is 22.5 Å². The second-order valence-electron chi connectivity index (χ2n) is 6.58. The van der Waals surface area contributed by atoms with Crippen LogP contribution in [-0.2, 0) is 0 Å². The highest BCUT2D eigenvalue weighted by molar-refractivity contribution is 6.31. The van der Waals surface area contributed by atoms with Crippen LogP contribution in [0.1, 0.15) is 38.4 Å². The molecule has 1 aliphatic rings. The molecule has 1 aromatic carbocycles. The summed E-state index contributed by atoms with van der Waals surface area (Å²) in [5, 5.41) is 23.0. The van der Waals surface area contributed by atoms with Crippen LogP contribution in [0.15, 0.2) is 18.3 Å². The standard InChI is InChI=1S/C16H22ClN3O/c1-16(2,11-3-5-18-6-4-11)15(21)13-8-12(17)7-10-9-19-20-14(10)13/h7-9,11,15,18,21H,3-6H2,1-2H3,(H,19,20). The summed E-state index contributed by atoms with van der Waals surface area (Å²) in [6, 6.07) is 3.73. The monoisotopic (exact) mass is 307 g/mol. The van der Waals surface area contributed by atoms with Gasteiger partial charge in [-0.05, 0) is 49.4 Å². The molecule has 0 amide bonds. The highest BCUT2D eigenvalue weighted by atomic mass is 35.5. The second kappa shape index (κ2) is 5.59. The van der Waals surface area contributed by atoms with Crippen LogP contribution in [-0.4, -0.2) is 28.4 Å². The lowest BCUT2D eigenvalue weighted by Gasteiger charge is -2.41. The predicted octanol–water partition coefficient (Wildman–Crippen LogP) is 3.28. The number of fused-ring (bicyclic) bond motifs is 1. The molecule has 1 fully saturated rings. The zero-order chi connectivity index (χ0) is 15.0. The first-order valence-corrected chi connectivity index (χ1v) is 7.89. The predicted molar refractivity (Wildman–Crippen MR) is 85.4 cm³/mol. The van der Waals surface area contributed by atoms with Crippen LogP contribution < -0.4 is 5.32 Å². The SMILES string of the molecule is CC(C)(C1CCNCC1)C(O)c1cc(Cl)cc2cn[nH]c12. The molecule has 0 aliphatic carbocycles. The molecule has 0 spiro atoms. The fourth-order valence-corrected chi connectivity index (χ4v) is 3.69. The molecule has 0 bridgehead atoms. The lowest BCUT2D eigenvalue weighted by Crippen LogP contribution is -2.39. The van der Waals surface area contributed by atoms with Gasteiger partial charge in [-0.25, -0.2) is 0 Å². The summed E-state index contributed by atoms with van der Waals surface area (Å²) in [5.74, 6) is 0.491. The number of hydrogen-bond acceptors (Lipinski definition) is 3. The van der Waals surface area contributed by atoms with Crippen molar-refractivity contribution in [1.82, 2.24) is 15.5 Å². The van der Waals surface area contributed by atoms with E-state index < -0.39 is 6.10 Å². The summed E-state index contributed by atoms with van der Waals surface area (Å²) in [6.45, 7) is 6.35. The minimum atomic E-state index is -0.567. The fourth-order valence-electron chi connectivity index (χ4n) is 3.45. The third-order valence-corrected chi connectivity index (χ3v) is 5.15. The van der Waals surface area contributed by atoms with E-state index in [9.17, 15) is 5.11 Å². The molecule has 3 rings (SSSR count). The van der Waals surface area contributed by atoms with Gasteiger partial charge in [0.2, 0.25) is 0 Å². The molecule has 1 aliphatic heterocycles. The van der Waals surface area contributed by atoms with E-state index in [1.165, 1.54) is 0 Å². The molecule has 1 aromatic heterocycles. The van der Waals surface area contributed by atoms with Gasteiger partial charge < -0.3 is 10.4 Å². The molecular weight excluding hydrogens is 286 g/mol. The van der Waals surface area contributed by atoms with Crippen molar-refractivity contribution in [2.24, 2.45) is 11.3 Å². The number of hydrogen-bond donors (Lipinski definition) is 3. The maximum Gasteiger partial charge on any atom is 0.0864 e. The molecule has 114 valence electrons. The largest absolute Gasteiger partial charge is 0.388 e. The Morgan fingerprint density at radius 2 is 2.05 bits per heavy atom. The number of piperidine rings is 1. The van der Waals surface area contributed by atoms with Gasteiger partial charge >= 0.3 is 0 Å². The maximum absolute atomic E-state index is 11.0. The van der Waals surface area contributed by atoms with Crippen molar-refractivity contribution in [3.8, 4) is 0 Å². The Labute approximate surface area is 129 Å². The minimum Gasteiger partial charge on any atom is -0.388 e. The number of rotatable bonds is 3. The van der Waals surface area contributed by atoms with Crippen LogP contribution in [0.3, 0.4) is 0 Å². The summed E-state index contributed by atoms with van der Waals surface area (Å²) >= 11 is 6.20. The van der Waals surface area contributed by atoms with Gasteiger partial charge in [-0.15, -0.1) is 0 Å². The zero-order valence-corrected chi connectivity index (χ0v) is 13.2. The molecule has 5 heteroatoms. The van der Waals surface area contributed by atoms with E-state index in [0.29, 0.717) is 10.9 Å². The van der Waals surface area contributed by atoms with Crippen molar-refractivity contribution in [3.05, 3.63) is 28.9 Å². The van der Waals surface area contributed by atoms with Crippen LogP contribution in [0.5, 0.6) is 0 Å². The smallest absolute Gasteiger partial charge is 0.0864 e. The molecule has 1 unspecified atom stereocenters. The number of aromatic nitrogens is 2. The number of nitrogens with zero attached hydrogens (tertiary/aromatic N) is 1. The summed E-state index contributed by atoms with van der Waals surface area (Å²) in [5.41, 5.74) is 1.53. The molecule has 21 heavy (non-hydrogen) atoms. The molecule has 4 nitrogen and oxygen atoms in total. The first-order chi connectivity index (χ1) is 10.00. The van der Waals surface area contributed by atoms with Gasteiger partial charge in [0.15, 0.2) is 0 Å². The molecular formula is C16H22ClN3O. The van der Waals surface area contributed by atoms with E-state index in [0.717, 1.165) is 42.4 Å². The van der Waals surface area contributed by atoms with Crippen LogP contribution in [0.2, 0.25) is 5.02 Å². The van der Waals surface area contributed by atoms with Crippen molar-refractivity contribution in [3.63, 3.8) is 0 Å². The molecule has 0 radical (unpaired) electrons. The highest BCUT2D eigenvalue weighted by Crippen LogP contribution is 2.45. The van der Waals surface area contributed by atoms with Gasteiger partial charge in [0.1, 0.15) is 0 Å². The lowest BCUT2D eigenvalue weighted by atomic mass is 9.68. The van der Waals surface area contributed by atoms with Crippen molar-refractivity contribution in [2.75, 3.05) is 13.1 Å². The summed E-state index contributed by atoms with van der Waals surface area (Å²) < 4.78 is 0. The van der Waals surface area contributed by atoms with Crippen LogP contribution in [0.25, 0.3) is 10.9 Å². The number of benzene rings is 1. The van der Waals surface area contributed by atoms with E-state index in [-0.39, 0.29) is 5.41 Å².